The van der Waals surface area contributed by atoms with Gasteiger partial charge in [-0.3, -0.25) is 0 Å². The molecule has 7 heteroatoms. The van der Waals surface area contributed by atoms with Gasteiger partial charge in [0.15, 0.2) is 0 Å². The molecule has 0 fully saturated rings. The molecule has 0 aliphatic heterocycles. The van der Waals surface area contributed by atoms with E-state index < -0.39 is 11.9 Å². The SMILES string of the molecule is Nc1ccccc1C(=O)O.Nc1ccccc1C(=O)O.[Ca]. The molecule has 0 aliphatic rings. The molecule has 0 spiro atoms. The zero-order chi connectivity index (χ0) is 15.1. The zero-order valence-electron chi connectivity index (χ0n) is 11.2. The maximum absolute atomic E-state index is 10.3. The summed E-state index contributed by atoms with van der Waals surface area (Å²) in [6, 6.07) is 12.7. The number of para-hydroxylation sites is 2. The van der Waals surface area contributed by atoms with E-state index in [0.717, 1.165) is 0 Å². The van der Waals surface area contributed by atoms with Gasteiger partial charge in [-0.05, 0) is 24.3 Å². The molecule has 106 valence electrons. The fraction of sp³-hybridized carbons (Fsp3) is 0. The van der Waals surface area contributed by atoms with Crippen LogP contribution < -0.4 is 11.5 Å². The molecule has 0 amide bonds. The van der Waals surface area contributed by atoms with Crippen LogP contribution in [0.25, 0.3) is 0 Å². The number of carboxylic acids is 2. The predicted octanol–water partition coefficient (Wildman–Crippen LogP) is 1.55. The molecule has 0 saturated carbocycles. The molecule has 6 N–H and O–H groups in total. The van der Waals surface area contributed by atoms with E-state index in [0.29, 0.717) is 11.4 Å². The number of anilines is 2. The average molecular weight is 314 g/mol. The topological polar surface area (TPSA) is 127 Å². The summed E-state index contributed by atoms with van der Waals surface area (Å²) in [5.41, 5.74) is 11.6. The number of aromatic carboxylic acids is 2. The first-order chi connectivity index (χ1) is 9.43. The van der Waals surface area contributed by atoms with Gasteiger partial charge in [0.2, 0.25) is 0 Å². The van der Waals surface area contributed by atoms with Crippen LogP contribution in [0, 0.1) is 0 Å². The second-order valence-electron chi connectivity index (χ2n) is 3.78. The van der Waals surface area contributed by atoms with Crippen LogP contribution in [-0.2, 0) is 0 Å². The van der Waals surface area contributed by atoms with Crippen LogP contribution in [0.4, 0.5) is 11.4 Å². The Morgan fingerprint density at radius 2 is 1.00 bits per heavy atom. The van der Waals surface area contributed by atoms with E-state index in [4.69, 9.17) is 21.7 Å². The number of nitrogen functional groups attached to an aromatic ring is 2. The van der Waals surface area contributed by atoms with E-state index >= 15 is 0 Å². The fourth-order valence-electron chi connectivity index (χ4n) is 1.38. The van der Waals surface area contributed by atoms with Crippen molar-refractivity contribution in [3.8, 4) is 0 Å². The van der Waals surface area contributed by atoms with Gasteiger partial charge in [-0.15, -0.1) is 0 Å². The summed E-state index contributed by atoms with van der Waals surface area (Å²) in [7, 11) is 0. The number of nitrogens with two attached hydrogens (primary N) is 2. The van der Waals surface area contributed by atoms with Crippen LogP contribution in [0.1, 0.15) is 20.7 Å². The van der Waals surface area contributed by atoms with Crippen molar-refractivity contribution >= 4 is 61.1 Å². The minimum atomic E-state index is -0.988. The number of carbonyl (C=O) groups is 2. The second kappa shape index (κ2) is 9.23. The Balaban J connectivity index is 0.000000364. The van der Waals surface area contributed by atoms with Crippen molar-refractivity contribution in [2.24, 2.45) is 0 Å². The Bertz CT molecular complexity index is 576. The predicted molar refractivity (Wildman–Crippen MR) is 81.4 cm³/mol. The van der Waals surface area contributed by atoms with Gasteiger partial charge in [0.1, 0.15) is 0 Å². The van der Waals surface area contributed by atoms with Gasteiger partial charge in [0.25, 0.3) is 0 Å². The Morgan fingerprint density at radius 3 is 1.19 bits per heavy atom. The normalized spacial score (nSPS) is 8.76. The molecule has 2 radical (unpaired) electrons. The van der Waals surface area contributed by atoms with Gasteiger partial charge in [-0.2, -0.15) is 0 Å². The van der Waals surface area contributed by atoms with Crippen LogP contribution >= 0.6 is 0 Å². The maximum atomic E-state index is 10.3. The maximum Gasteiger partial charge on any atom is 0.337 e. The smallest absolute Gasteiger partial charge is 0.337 e. The van der Waals surface area contributed by atoms with E-state index in [1.807, 2.05) is 0 Å². The van der Waals surface area contributed by atoms with Crippen molar-refractivity contribution in [3.63, 3.8) is 0 Å². The van der Waals surface area contributed by atoms with Crippen molar-refractivity contribution in [2.45, 2.75) is 0 Å². The largest absolute Gasteiger partial charge is 0.478 e. The molecule has 0 heterocycles. The average Bonchev–Trinajstić information content (AvgIpc) is 2.40. The third-order valence-corrected chi connectivity index (χ3v) is 2.38. The third-order valence-electron chi connectivity index (χ3n) is 2.38. The minimum absolute atomic E-state index is 0. The molecule has 2 rings (SSSR count). The number of carboxylic acid groups (broad SMARTS) is 2. The second-order valence-corrected chi connectivity index (χ2v) is 3.78. The summed E-state index contributed by atoms with van der Waals surface area (Å²) in [6.45, 7) is 0. The standard InChI is InChI=1S/2C7H7NO2.Ca/c2*8-6-4-2-1-3-5(6)7(9)10;/h2*1-4H,8H2,(H,9,10);. The molecule has 2 aromatic carbocycles. The number of hydrogen-bond acceptors (Lipinski definition) is 4. The van der Waals surface area contributed by atoms with Crippen molar-refractivity contribution in [3.05, 3.63) is 59.7 Å². The molecule has 0 aromatic heterocycles. The van der Waals surface area contributed by atoms with E-state index in [1.54, 1.807) is 36.4 Å². The summed E-state index contributed by atoms with van der Waals surface area (Å²) >= 11 is 0. The zero-order valence-corrected chi connectivity index (χ0v) is 13.4. The number of hydrogen-bond donors (Lipinski definition) is 4. The Labute approximate surface area is 151 Å². The molecule has 0 aliphatic carbocycles. The van der Waals surface area contributed by atoms with Gasteiger partial charge in [-0.25, -0.2) is 9.59 Å². The van der Waals surface area contributed by atoms with Crippen molar-refractivity contribution in [1.29, 1.82) is 0 Å². The van der Waals surface area contributed by atoms with Crippen LogP contribution in [-0.4, -0.2) is 59.9 Å². The first-order valence-corrected chi connectivity index (χ1v) is 5.59. The number of rotatable bonds is 2. The van der Waals surface area contributed by atoms with Gasteiger partial charge in [0.05, 0.1) is 11.1 Å². The summed E-state index contributed by atoms with van der Waals surface area (Å²) in [6.07, 6.45) is 0. The van der Waals surface area contributed by atoms with Crippen LogP contribution in [0.5, 0.6) is 0 Å². The monoisotopic (exact) mass is 314 g/mol. The van der Waals surface area contributed by atoms with E-state index in [1.165, 1.54) is 12.1 Å². The van der Waals surface area contributed by atoms with Crippen LogP contribution in [0.3, 0.4) is 0 Å². The summed E-state index contributed by atoms with van der Waals surface area (Å²) in [5.74, 6) is -1.98. The van der Waals surface area contributed by atoms with Gasteiger partial charge in [-0.1, -0.05) is 24.3 Å². The summed E-state index contributed by atoms with van der Waals surface area (Å²) < 4.78 is 0. The first kappa shape index (κ1) is 19.2. The van der Waals surface area contributed by atoms with Gasteiger partial charge in [0, 0.05) is 49.1 Å². The molecule has 2 aromatic rings. The summed E-state index contributed by atoms with van der Waals surface area (Å²) in [5, 5.41) is 17.0. The Morgan fingerprint density at radius 1 is 0.714 bits per heavy atom. The van der Waals surface area contributed by atoms with Crippen LogP contribution in [0.15, 0.2) is 48.5 Å². The molecule has 6 nitrogen and oxygen atoms in total. The minimum Gasteiger partial charge on any atom is -0.478 e. The van der Waals surface area contributed by atoms with Crippen LogP contribution in [0.2, 0.25) is 0 Å². The Kier molecular flexibility index (Phi) is 8.45. The summed E-state index contributed by atoms with van der Waals surface area (Å²) in [4.78, 5) is 20.7. The van der Waals surface area contributed by atoms with Gasteiger partial charge < -0.3 is 21.7 Å². The first-order valence-electron chi connectivity index (χ1n) is 5.59. The molecular weight excluding hydrogens is 300 g/mol. The third kappa shape index (κ3) is 6.03. The fourth-order valence-corrected chi connectivity index (χ4v) is 1.38. The molecular formula is C14H14CaN2O4. The quantitative estimate of drug-likeness (QED) is 0.492. The van der Waals surface area contributed by atoms with E-state index in [2.05, 4.69) is 0 Å². The molecule has 0 saturated heterocycles. The molecule has 0 unspecified atom stereocenters. The van der Waals surface area contributed by atoms with Crippen molar-refractivity contribution in [1.82, 2.24) is 0 Å². The molecule has 21 heavy (non-hydrogen) atoms. The van der Waals surface area contributed by atoms with Crippen molar-refractivity contribution < 1.29 is 19.8 Å². The number of benzene rings is 2. The van der Waals surface area contributed by atoms with E-state index in [9.17, 15) is 9.59 Å². The van der Waals surface area contributed by atoms with Gasteiger partial charge >= 0.3 is 11.9 Å². The Hall–Kier alpha value is -1.76. The molecule has 0 atom stereocenters. The van der Waals surface area contributed by atoms with Crippen molar-refractivity contribution in [2.75, 3.05) is 11.5 Å². The molecule has 0 bridgehead atoms. The van der Waals surface area contributed by atoms with E-state index in [-0.39, 0.29) is 48.9 Å².